The molecule has 0 heterocycles. The van der Waals surface area contributed by atoms with Gasteiger partial charge in [0.15, 0.2) is 0 Å². The molecule has 0 aliphatic rings. The van der Waals surface area contributed by atoms with E-state index in [1.54, 1.807) is 24.3 Å². The zero-order chi connectivity index (χ0) is 17.6. The van der Waals surface area contributed by atoms with E-state index in [0.717, 1.165) is 11.3 Å². The summed E-state index contributed by atoms with van der Waals surface area (Å²) in [5.74, 6) is -2.07. The smallest absolute Gasteiger partial charge is 0.291 e. The molecule has 0 unspecified atom stereocenters. The average Bonchev–Trinajstić information content (AvgIpc) is 2.59. The lowest BCUT2D eigenvalue weighted by atomic mass is 9.99. The monoisotopic (exact) mass is 331 g/mol. The molecule has 0 spiro atoms. The van der Waals surface area contributed by atoms with E-state index in [2.05, 4.69) is 9.99 Å². The van der Waals surface area contributed by atoms with Crippen molar-refractivity contribution in [3.63, 3.8) is 0 Å². The first-order chi connectivity index (χ1) is 11.5. The highest BCUT2D eigenvalue weighted by Crippen LogP contribution is 2.26. The number of hydrogen-bond acceptors (Lipinski definition) is 6. The van der Waals surface area contributed by atoms with Gasteiger partial charge in [-0.25, -0.2) is 0 Å². The van der Waals surface area contributed by atoms with E-state index in [4.69, 9.17) is 9.47 Å². The molecule has 0 amide bonds. The first-order valence-electron chi connectivity index (χ1n) is 7.38. The van der Waals surface area contributed by atoms with E-state index in [0.29, 0.717) is 5.56 Å². The van der Waals surface area contributed by atoms with Crippen LogP contribution in [0.5, 0.6) is 5.75 Å². The molecule has 24 heavy (non-hydrogen) atoms. The fourth-order valence-electron chi connectivity index (χ4n) is 2.30. The van der Waals surface area contributed by atoms with Gasteiger partial charge in [-0.2, -0.15) is 0 Å². The van der Waals surface area contributed by atoms with Crippen molar-refractivity contribution in [2.75, 3.05) is 14.2 Å². The van der Waals surface area contributed by atoms with Gasteiger partial charge in [-0.05, 0) is 29.3 Å². The molecule has 0 saturated carbocycles. The number of methoxy groups -OCH3 is 1. The van der Waals surface area contributed by atoms with Crippen molar-refractivity contribution in [2.24, 2.45) is 5.16 Å². The third-order valence-electron chi connectivity index (χ3n) is 3.54. The topological polar surface area (TPSA) is 80.5 Å². The Morgan fingerprint density at radius 2 is 1.71 bits per heavy atom. The van der Waals surface area contributed by atoms with Crippen LogP contribution in [0, 0.1) is 6.92 Å². The van der Waals surface area contributed by atoms with Crippen LogP contribution in [0.15, 0.2) is 53.7 Å². The maximum absolute atomic E-state index is 10.5. The molecule has 0 saturated heterocycles. The zero-order valence-corrected chi connectivity index (χ0v) is 13.9. The van der Waals surface area contributed by atoms with Crippen LogP contribution in [-0.2, 0) is 22.0 Å². The summed E-state index contributed by atoms with van der Waals surface area (Å²) in [5.41, 5.74) is 1.79. The summed E-state index contributed by atoms with van der Waals surface area (Å²) < 4.78 is 10.7. The highest BCUT2D eigenvalue weighted by molar-refractivity contribution is 5.84. The van der Waals surface area contributed by atoms with Crippen molar-refractivity contribution in [3.8, 4) is 5.75 Å². The number of rotatable bonds is 6. The van der Waals surface area contributed by atoms with Crippen LogP contribution in [-0.4, -0.2) is 30.3 Å². The Balaban J connectivity index is 2.30. The number of ether oxygens (including phenoxy) is 2. The van der Waals surface area contributed by atoms with Crippen molar-refractivity contribution in [1.82, 2.24) is 0 Å². The maximum Gasteiger partial charge on any atom is 0.291 e. The molecule has 0 atom stereocenters. The van der Waals surface area contributed by atoms with E-state index >= 15 is 0 Å². The number of aryl methyl sites for hydroxylation is 1. The summed E-state index contributed by atoms with van der Waals surface area (Å²) in [5, 5.41) is 24.5. The molecular formula is C18H21NO5. The van der Waals surface area contributed by atoms with Crippen molar-refractivity contribution < 1.29 is 24.5 Å². The van der Waals surface area contributed by atoms with Crippen molar-refractivity contribution in [1.29, 1.82) is 0 Å². The molecule has 0 fully saturated rings. The third kappa shape index (κ3) is 3.84. The van der Waals surface area contributed by atoms with Crippen LogP contribution in [0.2, 0.25) is 0 Å². The summed E-state index contributed by atoms with van der Waals surface area (Å²) in [4.78, 5) is 4.60. The molecule has 0 radical (unpaired) electrons. The first kappa shape index (κ1) is 17.8. The van der Waals surface area contributed by atoms with E-state index in [1.165, 1.54) is 14.2 Å². The molecule has 128 valence electrons. The fraction of sp³-hybridized carbons (Fsp3) is 0.278. The second-order valence-corrected chi connectivity index (χ2v) is 5.17. The number of hydrogen-bond donors (Lipinski definition) is 2. The highest BCUT2D eigenvalue weighted by Gasteiger charge is 2.37. The van der Waals surface area contributed by atoms with Gasteiger partial charge in [0.1, 0.15) is 19.5 Å². The van der Waals surface area contributed by atoms with Gasteiger partial charge < -0.3 is 24.5 Å². The number of benzene rings is 2. The minimum absolute atomic E-state index is 0.161. The van der Waals surface area contributed by atoms with Gasteiger partial charge in [-0.15, -0.1) is 0 Å². The highest BCUT2D eigenvalue weighted by atomic mass is 16.7. The van der Waals surface area contributed by atoms with Gasteiger partial charge >= 0.3 is 0 Å². The predicted octanol–water partition coefficient (Wildman–Crippen LogP) is 2.32. The zero-order valence-electron chi connectivity index (χ0n) is 13.9. The molecule has 0 bridgehead atoms. The minimum atomic E-state index is -2.43. The molecule has 2 aromatic rings. The van der Waals surface area contributed by atoms with Gasteiger partial charge in [0.25, 0.3) is 11.7 Å². The lowest BCUT2D eigenvalue weighted by molar-refractivity contribution is -0.123. The fourth-order valence-corrected chi connectivity index (χ4v) is 2.30. The molecule has 2 aromatic carbocycles. The van der Waals surface area contributed by atoms with Crippen LogP contribution in [0.25, 0.3) is 0 Å². The number of para-hydroxylation sites is 1. The van der Waals surface area contributed by atoms with Crippen LogP contribution in [0.1, 0.15) is 16.7 Å². The summed E-state index contributed by atoms with van der Waals surface area (Å²) in [7, 11) is 2.58. The molecule has 0 aromatic heterocycles. The Labute approximate surface area is 140 Å². The Morgan fingerprint density at radius 1 is 1.04 bits per heavy atom. The number of aliphatic hydroxyl groups is 2. The third-order valence-corrected chi connectivity index (χ3v) is 3.54. The Bertz CT molecular complexity index is 712. The van der Waals surface area contributed by atoms with Crippen LogP contribution >= 0.6 is 0 Å². The lowest BCUT2D eigenvalue weighted by Gasteiger charge is -2.24. The number of nitrogens with zero attached hydrogens (tertiary/aromatic N) is 1. The second kappa shape index (κ2) is 7.81. The van der Waals surface area contributed by atoms with E-state index < -0.39 is 5.79 Å². The van der Waals surface area contributed by atoms with E-state index in [1.807, 2.05) is 31.2 Å². The summed E-state index contributed by atoms with van der Waals surface area (Å²) in [6.07, 6.45) is 0. The molecule has 0 aliphatic heterocycles. The number of oxime groups is 1. The molecule has 2 N–H and O–H groups in total. The predicted molar refractivity (Wildman–Crippen MR) is 89.5 cm³/mol. The lowest BCUT2D eigenvalue weighted by Crippen LogP contribution is -2.38. The van der Waals surface area contributed by atoms with Gasteiger partial charge in [0.05, 0.1) is 7.11 Å². The van der Waals surface area contributed by atoms with Crippen molar-refractivity contribution in [3.05, 3.63) is 65.2 Å². The Kier molecular flexibility index (Phi) is 5.78. The Morgan fingerprint density at radius 3 is 2.38 bits per heavy atom. The van der Waals surface area contributed by atoms with Crippen LogP contribution in [0.3, 0.4) is 0 Å². The molecule has 0 aliphatic carbocycles. The van der Waals surface area contributed by atoms with Crippen molar-refractivity contribution >= 4 is 5.90 Å². The summed E-state index contributed by atoms with van der Waals surface area (Å²) in [6.45, 7) is 2.10. The van der Waals surface area contributed by atoms with Crippen LogP contribution in [0.4, 0.5) is 0 Å². The maximum atomic E-state index is 10.5. The minimum Gasteiger partial charge on any atom is -0.489 e. The second-order valence-electron chi connectivity index (χ2n) is 5.17. The van der Waals surface area contributed by atoms with E-state index in [-0.39, 0.29) is 18.1 Å². The SMILES string of the molecule is CO/N=C(/OC)C(O)(O)c1ccccc1COc1ccccc1C. The van der Waals surface area contributed by atoms with Gasteiger partial charge in [0.2, 0.25) is 0 Å². The van der Waals surface area contributed by atoms with Crippen molar-refractivity contribution in [2.45, 2.75) is 19.3 Å². The van der Waals surface area contributed by atoms with Gasteiger partial charge in [0, 0.05) is 5.56 Å². The van der Waals surface area contributed by atoms with Crippen LogP contribution < -0.4 is 4.74 Å². The molecule has 6 heteroatoms. The standard InChI is InChI=1S/C18H21NO5/c1-13-8-4-7-11-16(13)24-12-14-9-5-6-10-15(14)18(20,21)17(22-2)19-23-3/h4-11,20-21H,12H2,1-3H3/b19-17+. The molecular weight excluding hydrogens is 310 g/mol. The first-order valence-corrected chi connectivity index (χ1v) is 7.38. The Hall–Kier alpha value is -2.57. The van der Waals surface area contributed by atoms with Gasteiger partial charge in [-0.1, -0.05) is 42.5 Å². The molecule has 6 nitrogen and oxygen atoms in total. The quantitative estimate of drug-likeness (QED) is 0.367. The largest absolute Gasteiger partial charge is 0.489 e. The summed E-state index contributed by atoms with van der Waals surface area (Å²) in [6, 6.07) is 14.4. The summed E-state index contributed by atoms with van der Waals surface area (Å²) >= 11 is 0. The van der Waals surface area contributed by atoms with Gasteiger partial charge in [-0.3, -0.25) is 0 Å². The normalized spacial score (nSPS) is 12.0. The average molecular weight is 331 g/mol. The van der Waals surface area contributed by atoms with E-state index in [9.17, 15) is 10.2 Å². The molecule has 2 rings (SSSR count).